The van der Waals surface area contributed by atoms with E-state index >= 15 is 0 Å². The third-order valence-corrected chi connectivity index (χ3v) is 13.8. The molecule has 0 saturated heterocycles. The second-order valence-electron chi connectivity index (χ2n) is 20.6. The zero-order chi connectivity index (χ0) is 48.6. The summed E-state index contributed by atoms with van der Waals surface area (Å²) in [6.07, 6.45) is 64.9. The Morgan fingerprint density at radius 2 is 0.493 bits per heavy atom. The number of esters is 3. The maximum absolute atomic E-state index is 12.9. The van der Waals surface area contributed by atoms with Gasteiger partial charge in [0.15, 0.2) is 6.10 Å². The van der Waals surface area contributed by atoms with Gasteiger partial charge in [-0.1, -0.05) is 290 Å². The van der Waals surface area contributed by atoms with Crippen LogP contribution in [0.5, 0.6) is 0 Å². The Labute approximate surface area is 418 Å². The fraction of sp³-hybridized carbons (Fsp3) is 0.918. The number of unbranched alkanes of at least 4 members (excludes halogenated alkanes) is 43. The first kappa shape index (κ1) is 65.1. The van der Waals surface area contributed by atoms with Crippen molar-refractivity contribution in [2.24, 2.45) is 0 Å². The van der Waals surface area contributed by atoms with Crippen LogP contribution in [0.2, 0.25) is 0 Å². The smallest absolute Gasteiger partial charge is 0.306 e. The molecule has 6 heteroatoms. The molecule has 0 aliphatic rings. The molecule has 0 fully saturated rings. The van der Waals surface area contributed by atoms with E-state index in [9.17, 15) is 14.4 Å². The highest BCUT2D eigenvalue weighted by Crippen LogP contribution is 2.18. The summed E-state index contributed by atoms with van der Waals surface area (Å²) in [7, 11) is 0. The molecule has 0 saturated carbocycles. The number of carbonyl (C=O) groups is 3. The minimum atomic E-state index is -0.768. The Bertz CT molecular complexity index is 1040. The molecule has 0 aromatic heterocycles. The molecular weight excluding hydrogens is 829 g/mol. The Kier molecular flexibility index (Phi) is 55.2. The quantitative estimate of drug-likeness (QED) is 0.0262. The molecule has 0 bridgehead atoms. The molecule has 0 spiro atoms. The first-order valence-electron chi connectivity index (χ1n) is 30.2. The van der Waals surface area contributed by atoms with Gasteiger partial charge >= 0.3 is 17.9 Å². The number of ether oxygens (including phenoxy) is 3. The average Bonchev–Trinajstić information content (AvgIpc) is 3.33. The highest BCUT2D eigenvalue weighted by Gasteiger charge is 2.19. The lowest BCUT2D eigenvalue weighted by Crippen LogP contribution is -2.30. The lowest BCUT2D eigenvalue weighted by molar-refractivity contribution is -0.167. The Balaban J connectivity index is 4.31. The number of allylic oxidation sites excluding steroid dienone is 2. The number of hydrogen-bond donors (Lipinski definition) is 0. The minimum Gasteiger partial charge on any atom is -0.462 e. The van der Waals surface area contributed by atoms with E-state index in [2.05, 4.69) is 32.9 Å². The predicted octanol–water partition coefficient (Wildman–Crippen LogP) is 20.1. The van der Waals surface area contributed by atoms with Crippen molar-refractivity contribution >= 4 is 17.9 Å². The van der Waals surface area contributed by atoms with Crippen molar-refractivity contribution in [2.75, 3.05) is 13.2 Å². The van der Waals surface area contributed by atoms with Gasteiger partial charge in [-0.05, 0) is 44.9 Å². The van der Waals surface area contributed by atoms with Crippen LogP contribution in [0.1, 0.15) is 342 Å². The van der Waals surface area contributed by atoms with Gasteiger partial charge < -0.3 is 14.2 Å². The minimum absolute atomic E-state index is 0.0663. The van der Waals surface area contributed by atoms with Crippen LogP contribution in [0.3, 0.4) is 0 Å². The normalized spacial score (nSPS) is 12.0. The van der Waals surface area contributed by atoms with Crippen molar-refractivity contribution in [3.8, 4) is 0 Å². The largest absolute Gasteiger partial charge is 0.462 e. The van der Waals surface area contributed by atoms with Gasteiger partial charge in [0.2, 0.25) is 0 Å². The summed E-state index contributed by atoms with van der Waals surface area (Å²) in [5.41, 5.74) is 0. The zero-order valence-corrected chi connectivity index (χ0v) is 45.5. The third kappa shape index (κ3) is 55.0. The average molecular weight is 946 g/mol. The van der Waals surface area contributed by atoms with Gasteiger partial charge in [-0.3, -0.25) is 14.4 Å². The lowest BCUT2D eigenvalue weighted by Gasteiger charge is -2.18. The molecule has 0 aliphatic heterocycles. The van der Waals surface area contributed by atoms with Crippen LogP contribution in [0.15, 0.2) is 12.2 Å². The molecule has 0 aromatic carbocycles. The third-order valence-electron chi connectivity index (χ3n) is 13.8. The first-order valence-corrected chi connectivity index (χ1v) is 30.2. The predicted molar refractivity (Wildman–Crippen MR) is 289 cm³/mol. The van der Waals surface area contributed by atoms with E-state index in [4.69, 9.17) is 14.2 Å². The molecule has 0 aliphatic carbocycles. The van der Waals surface area contributed by atoms with E-state index in [-0.39, 0.29) is 31.1 Å². The van der Waals surface area contributed by atoms with Gasteiger partial charge in [0.1, 0.15) is 13.2 Å². The molecule has 1 atom stereocenters. The Morgan fingerprint density at radius 3 is 0.746 bits per heavy atom. The van der Waals surface area contributed by atoms with E-state index in [1.54, 1.807) is 0 Å². The molecule has 0 N–H and O–H groups in total. The maximum atomic E-state index is 12.9. The van der Waals surface area contributed by atoms with Crippen LogP contribution >= 0.6 is 0 Å². The van der Waals surface area contributed by atoms with E-state index in [1.807, 2.05) is 0 Å². The maximum Gasteiger partial charge on any atom is 0.306 e. The SMILES string of the molecule is CCCCCCCC/C=C\CCCCCCCC(=O)OC[C@H](COC(=O)CCCCCCCCCCCCCCCCC)OC(=O)CCCCCCCCCCCCCCCCCCCCC. The zero-order valence-electron chi connectivity index (χ0n) is 45.5. The summed E-state index contributed by atoms with van der Waals surface area (Å²) in [5, 5.41) is 0. The van der Waals surface area contributed by atoms with Crippen molar-refractivity contribution in [3.63, 3.8) is 0 Å². The van der Waals surface area contributed by atoms with E-state index in [0.29, 0.717) is 19.3 Å². The van der Waals surface area contributed by atoms with Crippen molar-refractivity contribution in [1.82, 2.24) is 0 Å². The van der Waals surface area contributed by atoms with Crippen LogP contribution in [-0.4, -0.2) is 37.2 Å². The summed E-state index contributed by atoms with van der Waals surface area (Å²) in [6.45, 7) is 6.69. The van der Waals surface area contributed by atoms with Gasteiger partial charge in [0.25, 0.3) is 0 Å². The second-order valence-corrected chi connectivity index (χ2v) is 20.6. The van der Waals surface area contributed by atoms with Crippen molar-refractivity contribution in [2.45, 2.75) is 348 Å². The second kappa shape index (κ2) is 56.7. The highest BCUT2D eigenvalue weighted by molar-refractivity contribution is 5.71. The van der Waals surface area contributed by atoms with Gasteiger partial charge in [0.05, 0.1) is 0 Å². The molecule has 0 heterocycles. The van der Waals surface area contributed by atoms with Crippen molar-refractivity contribution in [1.29, 1.82) is 0 Å². The van der Waals surface area contributed by atoms with Crippen molar-refractivity contribution in [3.05, 3.63) is 12.2 Å². The summed E-state index contributed by atoms with van der Waals surface area (Å²) >= 11 is 0. The topological polar surface area (TPSA) is 78.9 Å². The van der Waals surface area contributed by atoms with Crippen LogP contribution in [0.4, 0.5) is 0 Å². The monoisotopic (exact) mass is 945 g/mol. The molecule has 0 unspecified atom stereocenters. The lowest BCUT2D eigenvalue weighted by atomic mass is 10.0. The summed E-state index contributed by atoms with van der Waals surface area (Å²) in [6, 6.07) is 0. The molecular formula is C61H116O6. The highest BCUT2D eigenvalue weighted by atomic mass is 16.6. The molecule has 6 nitrogen and oxygen atoms in total. The first-order chi connectivity index (χ1) is 33.0. The molecule has 396 valence electrons. The van der Waals surface area contributed by atoms with Crippen LogP contribution in [0, 0.1) is 0 Å². The number of carbonyl (C=O) groups excluding carboxylic acids is 3. The van der Waals surface area contributed by atoms with E-state index in [1.165, 1.54) is 238 Å². The fourth-order valence-corrected chi connectivity index (χ4v) is 9.21. The summed E-state index contributed by atoms with van der Waals surface area (Å²) < 4.78 is 16.9. The number of hydrogen-bond acceptors (Lipinski definition) is 6. The molecule has 0 rings (SSSR count). The molecule has 0 amide bonds. The van der Waals surface area contributed by atoms with Gasteiger partial charge in [-0.25, -0.2) is 0 Å². The molecule has 0 aromatic rings. The van der Waals surface area contributed by atoms with Crippen LogP contribution < -0.4 is 0 Å². The van der Waals surface area contributed by atoms with Crippen LogP contribution in [0.25, 0.3) is 0 Å². The Hall–Kier alpha value is -1.85. The molecule has 67 heavy (non-hydrogen) atoms. The number of rotatable bonds is 56. The summed E-state index contributed by atoms with van der Waals surface area (Å²) in [4.78, 5) is 38.2. The van der Waals surface area contributed by atoms with Gasteiger partial charge in [-0.2, -0.15) is 0 Å². The standard InChI is InChI=1S/C61H116O6/c1-4-7-10-13-16-19-22-25-28-29-30-31-34-37-40-43-46-49-52-55-61(64)67-58(56-65-59(62)53-50-47-44-41-38-35-32-26-23-20-17-14-11-8-5-2)57-66-60(63)54-51-48-45-42-39-36-33-27-24-21-18-15-12-9-6-3/h26,32,58H,4-25,27-31,33-57H2,1-3H3/b32-26-/t58-/m1/s1. The van der Waals surface area contributed by atoms with Crippen LogP contribution in [-0.2, 0) is 28.6 Å². The van der Waals surface area contributed by atoms with Gasteiger partial charge in [0, 0.05) is 19.3 Å². The Morgan fingerprint density at radius 1 is 0.284 bits per heavy atom. The fourth-order valence-electron chi connectivity index (χ4n) is 9.21. The van der Waals surface area contributed by atoms with Crippen molar-refractivity contribution < 1.29 is 28.6 Å². The molecule has 0 radical (unpaired) electrons. The van der Waals surface area contributed by atoms with Gasteiger partial charge in [-0.15, -0.1) is 0 Å². The van der Waals surface area contributed by atoms with E-state index < -0.39 is 6.10 Å². The summed E-state index contributed by atoms with van der Waals surface area (Å²) in [5.74, 6) is -0.848. The van der Waals surface area contributed by atoms with E-state index in [0.717, 1.165) is 64.2 Å².